The summed E-state index contributed by atoms with van der Waals surface area (Å²) in [5, 5.41) is 9.71. The highest BCUT2D eigenvalue weighted by Crippen LogP contribution is 2.15. The fraction of sp³-hybridized carbons (Fsp3) is 0.423. The van der Waals surface area contributed by atoms with Crippen LogP contribution < -0.4 is 16.0 Å². The summed E-state index contributed by atoms with van der Waals surface area (Å²) in [4.78, 5) is 21.8. The molecule has 0 radical (unpaired) electrons. The van der Waals surface area contributed by atoms with Crippen LogP contribution in [0.25, 0.3) is 11.0 Å². The van der Waals surface area contributed by atoms with E-state index in [2.05, 4.69) is 57.5 Å². The highest BCUT2D eigenvalue weighted by molar-refractivity contribution is 14.0. The van der Waals surface area contributed by atoms with Gasteiger partial charge in [-0.1, -0.05) is 24.3 Å². The van der Waals surface area contributed by atoms with Crippen LogP contribution in [0.4, 0.5) is 0 Å². The molecule has 0 aliphatic rings. The number of carbonyl (C=O) groups excluding carboxylic acids is 1. The van der Waals surface area contributed by atoms with E-state index in [1.807, 2.05) is 51.1 Å². The summed E-state index contributed by atoms with van der Waals surface area (Å²) in [7, 11) is 0. The molecule has 34 heavy (non-hydrogen) atoms. The Balaban J connectivity index is 0.00000408. The predicted octanol–water partition coefficient (Wildman–Crippen LogP) is 4.64. The van der Waals surface area contributed by atoms with Gasteiger partial charge in [0.2, 0.25) is 0 Å². The summed E-state index contributed by atoms with van der Waals surface area (Å²) in [5.74, 6) is 1.74. The zero-order valence-electron chi connectivity index (χ0n) is 20.8. The number of fused-ring (bicyclic) bond motifs is 1. The molecule has 0 aliphatic carbocycles. The van der Waals surface area contributed by atoms with E-state index >= 15 is 0 Å². The smallest absolute Gasteiger partial charge is 0.251 e. The van der Waals surface area contributed by atoms with Crippen LogP contribution in [0.2, 0.25) is 0 Å². The molecule has 0 unspecified atom stereocenters. The monoisotopic (exact) mass is 576 g/mol. The van der Waals surface area contributed by atoms with Crippen LogP contribution in [0.15, 0.2) is 53.5 Å². The molecule has 0 saturated carbocycles. The van der Waals surface area contributed by atoms with Crippen LogP contribution >= 0.6 is 24.0 Å². The number of carbonyl (C=O) groups is 1. The van der Waals surface area contributed by atoms with Crippen LogP contribution in [-0.2, 0) is 13.1 Å². The summed E-state index contributed by atoms with van der Waals surface area (Å²) in [6.07, 6.45) is 0.952. The van der Waals surface area contributed by atoms with E-state index in [4.69, 9.17) is 4.99 Å². The van der Waals surface area contributed by atoms with E-state index in [1.54, 1.807) is 0 Å². The average Bonchev–Trinajstić information content (AvgIpc) is 3.09. The van der Waals surface area contributed by atoms with Crippen molar-refractivity contribution in [2.75, 3.05) is 13.1 Å². The Kier molecular flexibility index (Phi) is 10.3. The van der Waals surface area contributed by atoms with Crippen LogP contribution in [0.3, 0.4) is 0 Å². The zero-order valence-corrected chi connectivity index (χ0v) is 23.1. The van der Waals surface area contributed by atoms with Crippen molar-refractivity contribution in [2.45, 2.75) is 59.7 Å². The summed E-state index contributed by atoms with van der Waals surface area (Å²) in [6, 6.07) is 15.9. The molecule has 8 heteroatoms. The Morgan fingerprint density at radius 2 is 1.85 bits per heavy atom. The molecule has 0 atom stereocenters. The average molecular weight is 577 g/mol. The Labute approximate surface area is 219 Å². The molecule has 2 aromatic carbocycles. The van der Waals surface area contributed by atoms with Gasteiger partial charge in [0.1, 0.15) is 5.82 Å². The minimum absolute atomic E-state index is 0. The van der Waals surface area contributed by atoms with E-state index in [0.29, 0.717) is 12.1 Å². The van der Waals surface area contributed by atoms with Crippen molar-refractivity contribution < 1.29 is 4.79 Å². The van der Waals surface area contributed by atoms with Gasteiger partial charge in [-0.05, 0) is 70.9 Å². The number of halogens is 1. The number of benzene rings is 2. The Morgan fingerprint density at radius 3 is 2.59 bits per heavy atom. The van der Waals surface area contributed by atoms with Gasteiger partial charge in [0.15, 0.2) is 5.96 Å². The van der Waals surface area contributed by atoms with Gasteiger partial charge in [-0.25, -0.2) is 9.98 Å². The zero-order chi connectivity index (χ0) is 23.8. The second-order valence-corrected chi connectivity index (χ2v) is 9.18. The third-order valence-corrected chi connectivity index (χ3v) is 5.14. The molecule has 3 N–H and O–H groups in total. The lowest BCUT2D eigenvalue weighted by Crippen LogP contribution is -2.40. The number of rotatable bonds is 8. The van der Waals surface area contributed by atoms with Crippen molar-refractivity contribution >= 4 is 46.9 Å². The third-order valence-electron chi connectivity index (χ3n) is 5.14. The number of hydrogen-bond donors (Lipinski definition) is 3. The number of aryl methyl sites for hydroxylation is 2. The number of aromatic nitrogens is 2. The van der Waals surface area contributed by atoms with Crippen molar-refractivity contribution in [3.63, 3.8) is 0 Å². The Bertz CT molecular complexity index is 1120. The van der Waals surface area contributed by atoms with Gasteiger partial charge in [-0.3, -0.25) is 4.79 Å². The standard InChI is InChI=1S/C26H36N6O.HI/c1-6-27-25(28-15-10-16-32-19(2)30-22-13-7-8-14-23(22)32)29-18-20-11-9-12-21(17-20)24(33)31-26(3,4)5;/h7-9,11-14,17H,6,10,15-16,18H2,1-5H3,(H,31,33)(H2,27,28,29);1H. The van der Waals surface area contributed by atoms with E-state index < -0.39 is 0 Å². The van der Waals surface area contributed by atoms with Crippen molar-refractivity contribution in [1.82, 2.24) is 25.5 Å². The quantitative estimate of drug-likeness (QED) is 0.158. The van der Waals surface area contributed by atoms with Crippen molar-refractivity contribution in [3.8, 4) is 0 Å². The fourth-order valence-corrected chi connectivity index (χ4v) is 3.66. The topological polar surface area (TPSA) is 83.3 Å². The molecule has 0 aliphatic heterocycles. The first-order chi connectivity index (χ1) is 15.8. The van der Waals surface area contributed by atoms with Gasteiger partial charge in [0, 0.05) is 30.7 Å². The maximum Gasteiger partial charge on any atom is 0.251 e. The lowest BCUT2D eigenvalue weighted by molar-refractivity contribution is 0.0919. The number of para-hydroxylation sites is 2. The number of amides is 1. The minimum atomic E-state index is -0.269. The molecule has 1 amide bonds. The molecular formula is C26H37IN6O. The number of nitrogens with one attached hydrogen (secondary N) is 3. The second kappa shape index (κ2) is 12.7. The van der Waals surface area contributed by atoms with Gasteiger partial charge in [0.05, 0.1) is 17.6 Å². The fourth-order valence-electron chi connectivity index (χ4n) is 3.66. The van der Waals surface area contributed by atoms with Crippen molar-refractivity contribution in [1.29, 1.82) is 0 Å². The first-order valence-electron chi connectivity index (χ1n) is 11.6. The van der Waals surface area contributed by atoms with Gasteiger partial charge in [-0.15, -0.1) is 24.0 Å². The Morgan fingerprint density at radius 1 is 1.09 bits per heavy atom. The maximum atomic E-state index is 12.5. The third kappa shape index (κ3) is 8.00. The molecular weight excluding hydrogens is 539 g/mol. The first-order valence-corrected chi connectivity index (χ1v) is 11.6. The SMILES string of the molecule is CCNC(=NCc1cccc(C(=O)NC(C)(C)C)c1)NCCCn1c(C)nc2ccccc21.I. The van der Waals surface area contributed by atoms with Gasteiger partial charge >= 0.3 is 0 Å². The normalized spacial score (nSPS) is 11.7. The number of hydrogen-bond acceptors (Lipinski definition) is 3. The van der Waals surface area contributed by atoms with Crippen molar-refractivity contribution in [3.05, 3.63) is 65.5 Å². The predicted molar refractivity (Wildman–Crippen MR) is 151 cm³/mol. The van der Waals surface area contributed by atoms with Crippen LogP contribution in [0.1, 0.15) is 55.9 Å². The van der Waals surface area contributed by atoms with Gasteiger partial charge < -0.3 is 20.5 Å². The van der Waals surface area contributed by atoms with E-state index in [9.17, 15) is 4.79 Å². The molecule has 7 nitrogen and oxygen atoms in total. The molecule has 3 rings (SSSR count). The molecule has 184 valence electrons. The Hall–Kier alpha value is -2.62. The van der Waals surface area contributed by atoms with Gasteiger partial charge in [0.25, 0.3) is 5.91 Å². The maximum absolute atomic E-state index is 12.5. The lowest BCUT2D eigenvalue weighted by atomic mass is 10.1. The molecule has 1 heterocycles. The van der Waals surface area contributed by atoms with Crippen LogP contribution in [0, 0.1) is 6.92 Å². The number of imidazole rings is 1. The second-order valence-electron chi connectivity index (χ2n) is 9.18. The molecule has 3 aromatic rings. The number of guanidine groups is 1. The number of aliphatic imine (C=N–C) groups is 1. The van der Waals surface area contributed by atoms with E-state index in [0.717, 1.165) is 48.9 Å². The summed E-state index contributed by atoms with van der Waals surface area (Å²) in [6.45, 7) is 13.0. The molecule has 0 fully saturated rings. The van der Waals surface area contributed by atoms with E-state index in [-0.39, 0.29) is 35.4 Å². The molecule has 0 spiro atoms. The molecule has 0 bridgehead atoms. The number of nitrogens with zero attached hydrogens (tertiary/aromatic N) is 3. The highest BCUT2D eigenvalue weighted by Gasteiger charge is 2.15. The lowest BCUT2D eigenvalue weighted by Gasteiger charge is -2.20. The van der Waals surface area contributed by atoms with Crippen molar-refractivity contribution in [2.24, 2.45) is 4.99 Å². The summed E-state index contributed by atoms with van der Waals surface area (Å²) >= 11 is 0. The first kappa shape index (κ1) is 27.6. The molecule has 0 saturated heterocycles. The van der Waals surface area contributed by atoms with Gasteiger partial charge in [-0.2, -0.15) is 0 Å². The largest absolute Gasteiger partial charge is 0.357 e. The minimum Gasteiger partial charge on any atom is -0.357 e. The van der Waals surface area contributed by atoms with E-state index in [1.165, 1.54) is 5.52 Å². The summed E-state index contributed by atoms with van der Waals surface area (Å²) < 4.78 is 2.26. The molecule has 1 aromatic heterocycles. The highest BCUT2D eigenvalue weighted by atomic mass is 127. The van der Waals surface area contributed by atoms with Crippen LogP contribution in [0.5, 0.6) is 0 Å². The van der Waals surface area contributed by atoms with Crippen LogP contribution in [-0.4, -0.2) is 40.0 Å². The summed E-state index contributed by atoms with van der Waals surface area (Å²) in [5.41, 5.74) is 3.59.